The summed E-state index contributed by atoms with van der Waals surface area (Å²) in [4.78, 5) is 22.9. The summed E-state index contributed by atoms with van der Waals surface area (Å²) in [6.07, 6.45) is 0. The van der Waals surface area contributed by atoms with Crippen LogP contribution in [0.5, 0.6) is 0 Å². The second kappa shape index (κ2) is 6.38. The maximum Gasteiger partial charge on any atom is 0.289 e. The molecule has 0 aromatic heterocycles. The summed E-state index contributed by atoms with van der Waals surface area (Å²) in [5.74, 6) is -0.247. The maximum absolute atomic E-state index is 12.6. The predicted octanol–water partition coefficient (Wildman–Crippen LogP) is -0.614. The number of para-hydroxylation sites is 1. The number of benzene rings is 1. The lowest BCUT2D eigenvalue weighted by molar-refractivity contribution is -0.387. The fraction of sp³-hybridized carbons (Fsp3) is 0.417. The van der Waals surface area contributed by atoms with Gasteiger partial charge in [-0.25, -0.2) is 8.42 Å². The highest BCUT2D eigenvalue weighted by Gasteiger charge is 2.34. The number of piperazine rings is 1. The average Bonchev–Trinajstić information content (AvgIpc) is 2.54. The number of carbonyl (C=O) groups excluding carboxylic acids is 1. The van der Waals surface area contributed by atoms with E-state index in [1.165, 1.54) is 23.1 Å². The smallest absolute Gasteiger partial charge is 0.289 e. The Balaban J connectivity index is 2.23. The lowest BCUT2D eigenvalue weighted by Gasteiger charge is -2.33. The molecule has 2 rings (SSSR count). The van der Waals surface area contributed by atoms with Crippen LogP contribution < -0.4 is 5.73 Å². The van der Waals surface area contributed by atoms with Crippen LogP contribution in [-0.4, -0.2) is 61.2 Å². The first-order valence-corrected chi connectivity index (χ1v) is 8.03. The number of nitrogens with zero attached hydrogens (tertiary/aromatic N) is 3. The Morgan fingerprint density at radius 1 is 1.23 bits per heavy atom. The van der Waals surface area contributed by atoms with Crippen molar-refractivity contribution in [3.8, 4) is 0 Å². The van der Waals surface area contributed by atoms with Gasteiger partial charge in [0.05, 0.1) is 11.5 Å². The van der Waals surface area contributed by atoms with Crippen molar-refractivity contribution in [2.75, 3.05) is 32.7 Å². The van der Waals surface area contributed by atoms with E-state index in [0.717, 1.165) is 10.4 Å². The lowest BCUT2D eigenvalue weighted by atomic mass is 10.3. The minimum atomic E-state index is -3.97. The average molecular weight is 328 g/mol. The van der Waals surface area contributed by atoms with Crippen LogP contribution in [0.15, 0.2) is 29.2 Å². The third-order valence-corrected chi connectivity index (χ3v) is 5.39. The Morgan fingerprint density at radius 3 is 2.36 bits per heavy atom. The van der Waals surface area contributed by atoms with Gasteiger partial charge in [-0.05, 0) is 6.07 Å². The van der Waals surface area contributed by atoms with E-state index >= 15 is 0 Å². The van der Waals surface area contributed by atoms with E-state index in [2.05, 4.69) is 0 Å². The van der Waals surface area contributed by atoms with Crippen LogP contribution in [0.1, 0.15) is 0 Å². The molecule has 22 heavy (non-hydrogen) atoms. The molecule has 0 atom stereocenters. The van der Waals surface area contributed by atoms with Crippen LogP contribution in [0.4, 0.5) is 5.69 Å². The minimum Gasteiger partial charge on any atom is -0.339 e. The highest BCUT2D eigenvalue weighted by Crippen LogP contribution is 2.26. The van der Waals surface area contributed by atoms with E-state index in [9.17, 15) is 23.3 Å². The van der Waals surface area contributed by atoms with Gasteiger partial charge in [0, 0.05) is 32.2 Å². The third-order valence-electron chi connectivity index (χ3n) is 3.45. The summed E-state index contributed by atoms with van der Waals surface area (Å²) in [5, 5.41) is 11.0. The molecule has 1 heterocycles. The van der Waals surface area contributed by atoms with Gasteiger partial charge in [0.15, 0.2) is 4.90 Å². The van der Waals surface area contributed by atoms with E-state index in [-0.39, 0.29) is 43.5 Å². The second-order valence-corrected chi connectivity index (χ2v) is 6.62. The summed E-state index contributed by atoms with van der Waals surface area (Å²) in [6, 6.07) is 5.22. The Labute approximate surface area is 127 Å². The number of rotatable bonds is 4. The number of sulfonamides is 1. The fourth-order valence-electron chi connectivity index (χ4n) is 2.27. The SMILES string of the molecule is NCC(=O)N1CCN(S(=O)(=O)c2ccccc2[N+](=O)[O-])CC1. The molecule has 120 valence electrons. The van der Waals surface area contributed by atoms with E-state index in [1.807, 2.05) is 0 Å². The zero-order chi connectivity index (χ0) is 16.3. The minimum absolute atomic E-state index is 0.0835. The second-order valence-electron chi connectivity index (χ2n) is 4.71. The van der Waals surface area contributed by atoms with E-state index in [4.69, 9.17) is 5.73 Å². The number of hydrogen-bond acceptors (Lipinski definition) is 6. The molecule has 0 spiro atoms. The zero-order valence-electron chi connectivity index (χ0n) is 11.7. The molecule has 1 aromatic carbocycles. The summed E-state index contributed by atoms with van der Waals surface area (Å²) in [7, 11) is -3.97. The first-order valence-electron chi connectivity index (χ1n) is 6.59. The molecule has 0 saturated carbocycles. The van der Waals surface area contributed by atoms with Gasteiger partial charge in [-0.1, -0.05) is 12.1 Å². The van der Waals surface area contributed by atoms with Gasteiger partial charge in [-0.2, -0.15) is 4.31 Å². The Hall–Kier alpha value is -2.04. The molecule has 1 aromatic rings. The number of amides is 1. The molecule has 0 radical (unpaired) electrons. The summed E-state index contributed by atoms with van der Waals surface area (Å²) < 4.78 is 26.3. The van der Waals surface area contributed by atoms with Crippen LogP contribution in [0, 0.1) is 10.1 Å². The molecule has 1 aliphatic rings. The van der Waals surface area contributed by atoms with Crippen molar-refractivity contribution in [1.82, 2.24) is 9.21 Å². The summed E-state index contributed by atoms with van der Waals surface area (Å²) in [5.41, 5.74) is 4.81. The Morgan fingerprint density at radius 2 is 1.82 bits per heavy atom. The van der Waals surface area contributed by atoms with Crippen molar-refractivity contribution in [1.29, 1.82) is 0 Å². The number of hydrogen-bond donors (Lipinski definition) is 1. The van der Waals surface area contributed by atoms with Gasteiger partial charge in [0.25, 0.3) is 5.69 Å². The van der Waals surface area contributed by atoms with Crippen LogP contribution in [-0.2, 0) is 14.8 Å². The maximum atomic E-state index is 12.6. The molecule has 2 N–H and O–H groups in total. The van der Waals surface area contributed by atoms with Crippen molar-refractivity contribution in [3.05, 3.63) is 34.4 Å². The normalized spacial score (nSPS) is 16.5. The van der Waals surface area contributed by atoms with Crippen LogP contribution in [0.2, 0.25) is 0 Å². The van der Waals surface area contributed by atoms with Gasteiger partial charge in [0.2, 0.25) is 15.9 Å². The fourth-order valence-corrected chi connectivity index (χ4v) is 3.85. The van der Waals surface area contributed by atoms with Crippen molar-refractivity contribution in [2.24, 2.45) is 5.73 Å². The number of carbonyl (C=O) groups is 1. The van der Waals surface area contributed by atoms with E-state index in [1.54, 1.807) is 0 Å². The molecule has 9 nitrogen and oxygen atoms in total. The topological polar surface area (TPSA) is 127 Å². The first-order chi connectivity index (χ1) is 10.4. The van der Waals surface area contributed by atoms with E-state index < -0.39 is 20.6 Å². The monoisotopic (exact) mass is 328 g/mol. The van der Waals surface area contributed by atoms with Gasteiger partial charge >= 0.3 is 0 Å². The summed E-state index contributed by atoms with van der Waals surface area (Å²) >= 11 is 0. The van der Waals surface area contributed by atoms with Gasteiger partial charge in [-0.15, -0.1) is 0 Å². The largest absolute Gasteiger partial charge is 0.339 e. The molecule has 1 amide bonds. The van der Waals surface area contributed by atoms with Crippen LogP contribution >= 0.6 is 0 Å². The van der Waals surface area contributed by atoms with Crippen molar-refractivity contribution in [2.45, 2.75) is 4.90 Å². The van der Waals surface area contributed by atoms with Gasteiger partial charge < -0.3 is 10.6 Å². The number of nitro groups is 1. The highest BCUT2D eigenvalue weighted by atomic mass is 32.2. The van der Waals surface area contributed by atoms with Crippen molar-refractivity contribution in [3.63, 3.8) is 0 Å². The third kappa shape index (κ3) is 3.08. The predicted molar refractivity (Wildman–Crippen MR) is 77.5 cm³/mol. The Kier molecular flexibility index (Phi) is 4.74. The summed E-state index contributed by atoms with van der Waals surface area (Å²) in [6.45, 7) is 0.475. The van der Waals surface area contributed by atoms with Gasteiger partial charge in [-0.3, -0.25) is 14.9 Å². The number of nitrogens with two attached hydrogens (primary N) is 1. The van der Waals surface area contributed by atoms with Crippen LogP contribution in [0.3, 0.4) is 0 Å². The molecule has 0 bridgehead atoms. The standard InChI is InChI=1S/C12H16N4O5S/c13-9-12(17)14-5-7-15(8-6-14)22(20,21)11-4-2-1-3-10(11)16(18)19/h1-4H,5-9,13H2. The van der Waals surface area contributed by atoms with Gasteiger partial charge in [0.1, 0.15) is 0 Å². The molecular weight excluding hydrogens is 312 g/mol. The number of nitro benzene ring substituents is 1. The molecule has 1 fully saturated rings. The van der Waals surface area contributed by atoms with Crippen LogP contribution in [0.25, 0.3) is 0 Å². The highest BCUT2D eigenvalue weighted by molar-refractivity contribution is 7.89. The molecule has 10 heteroatoms. The Bertz CT molecular complexity index is 683. The molecular formula is C12H16N4O5S. The zero-order valence-corrected chi connectivity index (χ0v) is 12.5. The molecule has 0 unspecified atom stereocenters. The molecule has 1 aliphatic heterocycles. The first kappa shape index (κ1) is 16.3. The lowest BCUT2D eigenvalue weighted by Crippen LogP contribution is -2.51. The molecule has 1 saturated heterocycles. The quantitative estimate of drug-likeness (QED) is 0.580. The van der Waals surface area contributed by atoms with Crippen molar-refractivity contribution < 1.29 is 18.1 Å². The molecule has 0 aliphatic carbocycles. The van der Waals surface area contributed by atoms with E-state index in [0.29, 0.717) is 0 Å². The van der Waals surface area contributed by atoms with Crippen molar-refractivity contribution >= 4 is 21.6 Å².